The summed E-state index contributed by atoms with van der Waals surface area (Å²) in [6, 6.07) is 17.0. The quantitative estimate of drug-likeness (QED) is 0.609. The second-order valence-electron chi connectivity index (χ2n) is 6.50. The zero-order chi connectivity index (χ0) is 20.6. The molecule has 3 aromatic rings. The molecular formula is C22H24N4O3. The number of hydrogen-bond acceptors (Lipinski definition) is 6. The maximum Gasteiger partial charge on any atom is 0.229 e. The molecule has 0 aliphatic carbocycles. The molecule has 150 valence electrons. The number of nitrogens with one attached hydrogen (secondary N) is 2. The highest BCUT2D eigenvalue weighted by molar-refractivity contribution is 5.91. The molecule has 1 heterocycles. The lowest BCUT2D eigenvalue weighted by Gasteiger charge is -2.10. The molecule has 1 amide bonds. The van der Waals surface area contributed by atoms with Gasteiger partial charge in [0.1, 0.15) is 5.82 Å². The molecule has 7 nitrogen and oxygen atoms in total. The Morgan fingerprint density at radius 3 is 2.34 bits per heavy atom. The average Bonchev–Trinajstić information content (AvgIpc) is 2.74. The van der Waals surface area contributed by atoms with Crippen LogP contribution in [0, 0.1) is 6.92 Å². The summed E-state index contributed by atoms with van der Waals surface area (Å²) >= 11 is 0. The predicted molar refractivity (Wildman–Crippen MR) is 112 cm³/mol. The number of amides is 1. The van der Waals surface area contributed by atoms with E-state index < -0.39 is 0 Å². The molecule has 0 atom stereocenters. The SMILES string of the molecule is COc1ccc(CC(=O)Nc2ccc(NCc3ccccc3C)nn2)cc1OC. The molecule has 0 bridgehead atoms. The first-order chi connectivity index (χ1) is 14.1. The second-order valence-corrected chi connectivity index (χ2v) is 6.50. The predicted octanol–water partition coefficient (Wildman–Crippen LogP) is 3.60. The first-order valence-electron chi connectivity index (χ1n) is 9.22. The van der Waals surface area contributed by atoms with Crippen LogP contribution in [-0.4, -0.2) is 30.3 Å². The fourth-order valence-corrected chi connectivity index (χ4v) is 2.85. The molecule has 0 unspecified atom stereocenters. The van der Waals surface area contributed by atoms with Gasteiger partial charge in [-0.15, -0.1) is 10.2 Å². The number of carbonyl (C=O) groups excluding carboxylic acids is 1. The Morgan fingerprint density at radius 2 is 1.66 bits per heavy atom. The lowest BCUT2D eigenvalue weighted by atomic mass is 10.1. The molecule has 0 fully saturated rings. The van der Waals surface area contributed by atoms with Gasteiger partial charge in [0.25, 0.3) is 0 Å². The summed E-state index contributed by atoms with van der Waals surface area (Å²) in [7, 11) is 3.13. The van der Waals surface area contributed by atoms with Crippen LogP contribution >= 0.6 is 0 Å². The standard InChI is InChI=1S/C22H24N4O3/c1-15-6-4-5-7-17(15)14-23-20-10-11-21(26-25-20)24-22(27)13-16-8-9-18(28-2)19(12-16)29-3/h4-12H,13-14H2,1-3H3,(H,23,25)(H,24,26,27). The summed E-state index contributed by atoms with van der Waals surface area (Å²) in [5.41, 5.74) is 3.22. The molecule has 2 aromatic carbocycles. The van der Waals surface area contributed by atoms with Crippen molar-refractivity contribution in [2.75, 3.05) is 24.9 Å². The van der Waals surface area contributed by atoms with Crippen LogP contribution in [0.4, 0.5) is 11.6 Å². The van der Waals surface area contributed by atoms with Gasteiger partial charge in [-0.05, 0) is 47.9 Å². The summed E-state index contributed by atoms with van der Waals surface area (Å²) in [5, 5.41) is 14.2. The van der Waals surface area contributed by atoms with E-state index in [0.29, 0.717) is 29.7 Å². The fraction of sp³-hybridized carbons (Fsp3) is 0.227. The lowest BCUT2D eigenvalue weighted by Crippen LogP contribution is -2.16. The van der Waals surface area contributed by atoms with Crippen molar-refractivity contribution in [1.29, 1.82) is 0 Å². The highest BCUT2D eigenvalue weighted by Gasteiger charge is 2.09. The van der Waals surface area contributed by atoms with Crippen molar-refractivity contribution in [2.24, 2.45) is 0 Å². The number of nitrogens with zero attached hydrogens (tertiary/aromatic N) is 2. The largest absolute Gasteiger partial charge is 0.493 e. The number of ether oxygens (including phenoxy) is 2. The molecule has 0 saturated heterocycles. The highest BCUT2D eigenvalue weighted by Crippen LogP contribution is 2.27. The molecule has 7 heteroatoms. The van der Waals surface area contributed by atoms with Crippen molar-refractivity contribution >= 4 is 17.5 Å². The number of carbonyl (C=O) groups is 1. The summed E-state index contributed by atoms with van der Waals surface area (Å²) < 4.78 is 10.5. The number of aromatic nitrogens is 2. The van der Waals surface area contributed by atoms with Gasteiger partial charge in [-0.25, -0.2) is 0 Å². The molecule has 0 aliphatic rings. The third-order valence-corrected chi connectivity index (χ3v) is 4.47. The molecule has 0 saturated carbocycles. The minimum atomic E-state index is -0.188. The van der Waals surface area contributed by atoms with Crippen LogP contribution in [0.2, 0.25) is 0 Å². The molecule has 0 spiro atoms. The summed E-state index contributed by atoms with van der Waals surface area (Å²) in [4.78, 5) is 12.3. The minimum absolute atomic E-state index is 0.188. The molecule has 0 radical (unpaired) electrons. The first-order valence-corrected chi connectivity index (χ1v) is 9.22. The van der Waals surface area contributed by atoms with E-state index in [-0.39, 0.29) is 12.3 Å². The van der Waals surface area contributed by atoms with Gasteiger partial charge in [-0.3, -0.25) is 4.79 Å². The Labute approximate surface area is 170 Å². The second kappa shape index (κ2) is 9.54. The summed E-state index contributed by atoms with van der Waals surface area (Å²) in [6.45, 7) is 2.73. The Kier molecular flexibility index (Phi) is 6.63. The molecule has 1 aromatic heterocycles. The van der Waals surface area contributed by atoms with E-state index in [0.717, 1.165) is 5.56 Å². The fourth-order valence-electron chi connectivity index (χ4n) is 2.85. The van der Waals surface area contributed by atoms with Crippen molar-refractivity contribution < 1.29 is 14.3 Å². The van der Waals surface area contributed by atoms with E-state index in [9.17, 15) is 4.79 Å². The van der Waals surface area contributed by atoms with E-state index in [1.165, 1.54) is 11.1 Å². The minimum Gasteiger partial charge on any atom is -0.493 e. The van der Waals surface area contributed by atoms with Gasteiger partial charge in [0.15, 0.2) is 17.3 Å². The summed E-state index contributed by atoms with van der Waals surface area (Å²) in [5.74, 6) is 2.06. The van der Waals surface area contributed by atoms with Crippen LogP contribution in [0.3, 0.4) is 0 Å². The Bertz CT molecular complexity index is 974. The van der Waals surface area contributed by atoms with Gasteiger partial charge in [0.05, 0.1) is 20.6 Å². The van der Waals surface area contributed by atoms with Crippen LogP contribution in [0.15, 0.2) is 54.6 Å². The molecule has 29 heavy (non-hydrogen) atoms. The van der Waals surface area contributed by atoms with Crippen molar-refractivity contribution in [3.8, 4) is 11.5 Å². The van der Waals surface area contributed by atoms with E-state index in [1.54, 1.807) is 38.5 Å². The van der Waals surface area contributed by atoms with Crippen LogP contribution < -0.4 is 20.1 Å². The maximum atomic E-state index is 12.3. The van der Waals surface area contributed by atoms with Gasteiger partial charge in [0, 0.05) is 6.54 Å². The number of methoxy groups -OCH3 is 2. The third kappa shape index (κ3) is 5.44. The Morgan fingerprint density at radius 1 is 0.931 bits per heavy atom. The topological polar surface area (TPSA) is 85.4 Å². The van der Waals surface area contributed by atoms with Crippen molar-refractivity contribution in [1.82, 2.24) is 10.2 Å². The molecule has 3 rings (SSSR count). The van der Waals surface area contributed by atoms with E-state index >= 15 is 0 Å². The van der Waals surface area contributed by atoms with Gasteiger partial charge < -0.3 is 20.1 Å². The zero-order valence-corrected chi connectivity index (χ0v) is 16.7. The number of anilines is 2. The van der Waals surface area contributed by atoms with Gasteiger partial charge in [-0.1, -0.05) is 30.3 Å². The van der Waals surface area contributed by atoms with Gasteiger partial charge in [-0.2, -0.15) is 0 Å². The maximum absolute atomic E-state index is 12.3. The average molecular weight is 392 g/mol. The number of benzene rings is 2. The van der Waals surface area contributed by atoms with E-state index in [1.807, 2.05) is 18.2 Å². The molecule has 0 aliphatic heterocycles. The monoisotopic (exact) mass is 392 g/mol. The number of aryl methyl sites for hydroxylation is 1. The van der Waals surface area contributed by atoms with E-state index in [4.69, 9.17) is 9.47 Å². The molecular weight excluding hydrogens is 368 g/mol. The first kappa shape index (κ1) is 20.1. The van der Waals surface area contributed by atoms with Crippen molar-refractivity contribution in [3.63, 3.8) is 0 Å². The Hall–Kier alpha value is -3.61. The number of rotatable bonds is 8. The smallest absolute Gasteiger partial charge is 0.229 e. The van der Waals surface area contributed by atoms with Crippen molar-refractivity contribution in [2.45, 2.75) is 19.9 Å². The lowest BCUT2D eigenvalue weighted by molar-refractivity contribution is -0.115. The van der Waals surface area contributed by atoms with Crippen LogP contribution in [0.5, 0.6) is 11.5 Å². The van der Waals surface area contributed by atoms with Crippen LogP contribution in [0.25, 0.3) is 0 Å². The van der Waals surface area contributed by atoms with Gasteiger partial charge in [0.2, 0.25) is 5.91 Å². The summed E-state index contributed by atoms with van der Waals surface area (Å²) in [6.07, 6.45) is 0.190. The Balaban J connectivity index is 1.55. The number of hydrogen-bond donors (Lipinski definition) is 2. The van der Waals surface area contributed by atoms with Gasteiger partial charge >= 0.3 is 0 Å². The van der Waals surface area contributed by atoms with Crippen LogP contribution in [0.1, 0.15) is 16.7 Å². The van der Waals surface area contributed by atoms with Crippen molar-refractivity contribution in [3.05, 3.63) is 71.3 Å². The third-order valence-electron chi connectivity index (χ3n) is 4.47. The van der Waals surface area contributed by atoms with Crippen LogP contribution in [-0.2, 0) is 17.8 Å². The molecule has 2 N–H and O–H groups in total. The van der Waals surface area contributed by atoms with E-state index in [2.05, 4.69) is 39.9 Å². The highest BCUT2D eigenvalue weighted by atomic mass is 16.5. The normalized spacial score (nSPS) is 10.3. The zero-order valence-electron chi connectivity index (χ0n) is 16.7.